The first kappa shape index (κ1) is 31.2. The number of nitrogens with zero attached hydrogens (tertiary/aromatic N) is 2. The number of halogens is 2. The standard InChI is InChI=1S/C26H38N4O3.2ClH/c1-21(2)28-19-24(32)20-33-26-12-8-7-11-25(26)30(23-9-5-4-6-10-23)17-15-29(16-18-30)14-13-27-22(3)31;;/h4-12,21,24,28,32H,13-20H2,1-3H3;2*1H/p+1. The van der Waals surface area contributed by atoms with Gasteiger partial charge in [-0.2, -0.15) is 0 Å². The van der Waals surface area contributed by atoms with Gasteiger partial charge < -0.3 is 20.5 Å². The molecule has 1 fully saturated rings. The molecule has 1 atom stereocenters. The number of hydrogen-bond donors (Lipinski definition) is 3. The van der Waals surface area contributed by atoms with Crippen LogP contribution in [0.4, 0.5) is 11.4 Å². The van der Waals surface area contributed by atoms with Crippen LogP contribution >= 0.6 is 24.8 Å². The predicted molar refractivity (Wildman–Crippen MR) is 148 cm³/mol. The summed E-state index contributed by atoms with van der Waals surface area (Å²) in [5, 5.41) is 16.5. The Morgan fingerprint density at radius 2 is 1.69 bits per heavy atom. The Kier molecular flexibility index (Phi) is 13.6. The van der Waals surface area contributed by atoms with Crippen molar-refractivity contribution in [3.63, 3.8) is 0 Å². The number of ether oxygens (including phenoxy) is 1. The van der Waals surface area contributed by atoms with E-state index in [1.165, 1.54) is 5.69 Å². The van der Waals surface area contributed by atoms with Gasteiger partial charge in [-0.1, -0.05) is 44.2 Å². The molecule has 0 aromatic heterocycles. The molecule has 0 bridgehead atoms. The smallest absolute Gasteiger partial charge is 0.216 e. The predicted octanol–water partition coefficient (Wildman–Crippen LogP) is 3.36. The van der Waals surface area contributed by atoms with Crippen molar-refractivity contribution in [1.82, 2.24) is 20.0 Å². The quantitative estimate of drug-likeness (QED) is 0.390. The maximum Gasteiger partial charge on any atom is 0.216 e. The van der Waals surface area contributed by atoms with E-state index in [0.717, 1.165) is 44.2 Å². The Labute approximate surface area is 222 Å². The maximum atomic E-state index is 11.2. The molecule has 0 spiro atoms. The molecule has 1 unspecified atom stereocenters. The number of hydrogen-bond acceptors (Lipinski definition) is 5. The summed E-state index contributed by atoms with van der Waals surface area (Å²) in [6.07, 6.45) is -0.573. The van der Waals surface area contributed by atoms with Gasteiger partial charge in [-0.05, 0) is 18.2 Å². The lowest BCUT2D eigenvalue weighted by molar-refractivity contribution is -0.119. The van der Waals surface area contributed by atoms with Crippen LogP contribution in [-0.2, 0) is 4.79 Å². The number of quaternary nitrogens is 1. The molecule has 0 saturated carbocycles. The Balaban J connectivity index is 0.00000306. The number of carbonyl (C=O) groups excluding carboxylic acids is 1. The second-order valence-corrected chi connectivity index (χ2v) is 9.07. The lowest BCUT2D eigenvalue weighted by Gasteiger charge is -2.44. The maximum absolute atomic E-state index is 11.2. The molecule has 0 aliphatic carbocycles. The van der Waals surface area contributed by atoms with Crippen LogP contribution in [0.2, 0.25) is 0 Å². The molecule has 2 aromatic rings. The van der Waals surface area contributed by atoms with Crippen LogP contribution < -0.4 is 19.9 Å². The number of rotatable bonds is 11. The summed E-state index contributed by atoms with van der Waals surface area (Å²) in [7, 11) is 0. The molecule has 7 nitrogen and oxygen atoms in total. The van der Waals surface area contributed by atoms with Crippen molar-refractivity contribution in [2.24, 2.45) is 0 Å². The second-order valence-electron chi connectivity index (χ2n) is 9.07. The summed E-state index contributed by atoms with van der Waals surface area (Å²) in [4.78, 5) is 13.6. The van der Waals surface area contributed by atoms with Gasteiger partial charge in [-0.3, -0.25) is 14.2 Å². The van der Waals surface area contributed by atoms with Crippen molar-refractivity contribution < 1.29 is 14.6 Å². The Morgan fingerprint density at radius 3 is 2.31 bits per heavy atom. The van der Waals surface area contributed by atoms with Crippen molar-refractivity contribution in [3.05, 3.63) is 54.6 Å². The zero-order chi connectivity index (χ0) is 23.7. The molecular weight excluding hydrogens is 487 g/mol. The molecule has 1 heterocycles. The lowest BCUT2D eigenvalue weighted by atomic mass is 10.1. The molecule has 0 radical (unpaired) electrons. The van der Waals surface area contributed by atoms with E-state index in [9.17, 15) is 9.90 Å². The number of nitrogens with one attached hydrogen (secondary N) is 2. The highest BCUT2D eigenvalue weighted by Gasteiger charge is 2.39. The van der Waals surface area contributed by atoms with Gasteiger partial charge in [-0.25, -0.2) is 0 Å². The van der Waals surface area contributed by atoms with E-state index >= 15 is 0 Å². The Bertz CT molecular complexity index is 878. The fourth-order valence-corrected chi connectivity index (χ4v) is 4.36. The third-order valence-corrected chi connectivity index (χ3v) is 6.17. The summed E-state index contributed by atoms with van der Waals surface area (Å²) in [6, 6.07) is 19.1. The molecule has 3 rings (SSSR count). The molecule has 1 aliphatic heterocycles. The van der Waals surface area contributed by atoms with E-state index in [1.54, 1.807) is 6.92 Å². The van der Waals surface area contributed by atoms with Gasteiger partial charge in [0.05, 0.1) is 0 Å². The van der Waals surface area contributed by atoms with Gasteiger partial charge in [0.15, 0.2) is 11.4 Å². The highest BCUT2D eigenvalue weighted by Crippen LogP contribution is 2.41. The Morgan fingerprint density at radius 1 is 1.06 bits per heavy atom. The molecule has 196 valence electrons. The summed E-state index contributed by atoms with van der Waals surface area (Å²) >= 11 is 0. The van der Waals surface area contributed by atoms with E-state index in [-0.39, 0.29) is 37.3 Å². The first-order valence-electron chi connectivity index (χ1n) is 11.9. The largest absolute Gasteiger partial charge is 0.485 e. The number of piperazine rings is 1. The highest BCUT2D eigenvalue weighted by atomic mass is 35.5. The summed E-state index contributed by atoms with van der Waals surface area (Å²) in [5.74, 6) is 0.829. The molecule has 1 aliphatic rings. The molecule has 2 aromatic carbocycles. The fourth-order valence-electron chi connectivity index (χ4n) is 4.36. The number of benzene rings is 2. The number of para-hydroxylation sites is 3. The first-order chi connectivity index (χ1) is 15.9. The van der Waals surface area contributed by atoms with Gasteiger partial charge in [0, 0.05) is 51.8 Å². The SMILES string of the molecule is CC(=O)NCCN1CC[N+](c2ccccc2)(c2ccccc2OCC(O)CNC(C)C)CC1.Cl.Cl. The van der Waals surface area contributed by atoms with Gasteiger partial charge in [-0.15, -0.1) is 24.8 Å². The molecule has 9 heteroatoms. The average Bonchev–Trinajstić information content (AvgIpc) is 2.82. The van der Waals surface area contributed by atoms with Crippen molar-refractivity contribution >= 4 is 42.1 Å². The lowest BCUT2D eigenvalue weighted by Crippen LogP contribution is -2.58. The highest BCUT2D eigenvalue weighted by molar-refractivity contribution is 5.85. The van der Waals surface area contributed by atoms with Crippen molar-refractivity contribution in [2.75, 3.05) is 52.4 Å². The molecule has 1 saturated heterocycles. The third-order valence-electron chi connectivity index (χ3n) is 6.17. The zero-order valence-corrected chi connectivity index (χ0v) is 22.6. The van der Waals surface area contributed by atoms with E-state index in [0.29, 0.717) is 23.6 Å². The monoisotopic (exact) mass is 527 g/mol. The zero-order valence-electron chi connectivity index (χ0n) is 21.0. The Hall–Kier alpha value is -1.87. The number of amides is 1. The topological polar surface area (TPSA) is 73.8 Å². The van der Waals surface area contributed by atoms with Gasteiger partial charge in [0.2, 0.25) is 5.91 Å². The van der Waals surface area contributed by atoms with Crippen LogP contribution in [0.5, 0.6) is 5.75 Å². The van der Waals surface area contributed by atoms with Crippen LogP contribution in [0.25, 0.3) is 0 Å². The van der Waals surface area contributed by atoms with Crippen molar-refractivity contribution in [1.29, 1.82) is 0 Å². The normalized spacial score (nSPS) is 16.0. The first-order valence-corrected chi connectivity index (χ1v) is 11.9. The minimum Gasteiger partial charge on any atom is -0.485 e. The number of carbonyl (C=O) groups is 1. The van der Waals surface area contributed by atoms with Crippen molar-refractivity contribution in [2.45, 2.75) is 32.9 Å². The van der Waals surface area contributed by atoms with Crippen molar-refractivity contribution in [3.8, 4) is 5.75 Å². The van der Waals surface area contributed by atoms with Crippen LogP contribution in [-0.4, -0.2) is 80.5 Å². The molecular formula is C26H41Cl2N4O3+. The average molecular weight is 529 g/mol. The number of aliphatic hydroxyl groups is 1. The molecule has 35 heavy (non-hydrogen) atoms. The van der Waals surface area contributed by atoms with E-state index in [1.807, 2.05) is 18.2 Å². The van der Waals surface area contributed by atoms with Crippen LogP contribution in [0.3, 0.4) is 0 Å². The van der Waals surface area contributed by atoms with Crippen LogP contribution in [0.15, 0.2) is 54.6 Å². The van der Waals surface area contributed by atoms with Crippen LogP contribution in [0.1, 0.15) is 20.8 Å². The molecule has 1 amide bonds. The van der Waals surface area contributed by atoms with E-state index in [2.05, 4.69) is 65.8 Å². The minimum atomic E-state index is -0.573. The summed E-state index contributed by atoms with van der Waals surface area (Å²) in [5.41, 5.74) is 2.35. The fraction of sp³-hybridized carbons (Fsp3) is 0.500. The summed E-state index contributed by atoms with van der Waals surface area (Å²) in [6.45, 7) is 11.6. The van der Waals surface area contributed by atoms with E-state index in [4.69, 9.17) is 4.74 Å². The van der Waals surface area contributed by atoms with Crippen LogP contribution in [0, 0.1) is 0 Å². The van der Waals surface area contributed by atoms with Gasteiger partial charge in [0.25, 0.3) is 0 Å². The van der Waals surface area contributed by atoms with Gasteiger partial charge in [0.1, 0.15) is 31.5 Å². The minimum absolute atomic E-state index is 0. The molecule has 3 N–H and O–H groups in total. The second kappa shape index (κ2) is 15.3. The van der Waals surface area contributed by atoms with E-state index < -0.39 is 6.10 Å². The summed E-state index contributed by atoms with van der Waals surface area (Å²) < 4.78 is 6.88. The third kappa shape index (κ3) is 8.94. The van der Waals surface area contributed by atoms with Gasteiger partial charge >= 0.3 is 0 Å². The number of aliphatic hydroxyl groups excluding tert-OH is 1.